The molecule has 68 heavy (non-hydrogen) atoms. The van der Waals surface area contributed by atoms with Crippen LogP contribution in [0, 0.1) is 11.8 Å². The van der Waals surface area contributed by atoms with Crippen molar-refractivity contribution in [3.8, 4) is 0 Å². The van der Waals surface area contributed by atoms with Crippen LogP contribution < -0.4 is 5.32 Å². The van der Waals surface area contributed by atoms with Gasteiger partial charge in [-0.05, 0) is 109 Å². The van der Waals surface area contributed by atoms with Gasteiger partial charge in [-0.25, -0.2) is 0 Å². The van der Waals surface area contributed by atoms with Crippen LogP contribution >= 0.6 is 0 Å². The third kappa shape index (κ3) is 63.1. The van der Waals surface area contributed by atoms with Crippen LogP contribution in [0.4, 0.5) is 0 Å². The lowest BCUT2D eigenvalue weighted by Gasteiger charge is -2.17. The largest absolute Gasteiger partial charge is 0.317 e. The third-order valence-corrected chi connectivity index (χ3v) is 14.6. The molecule has 3 heteroatoms. The molecule has 0 aromatic carbocycles. The second-order valence-electron chi connectivity index (χ2n) is 21.4. The molecule has 1 aliphatic rings. The van der Waals surface area contributed by atoms with Crippen molar-refractivity contribution in [3.63, 3.8) is 0 Å². The van der Waals surface area contributed by atoms with Gasteiger partial charge in [0.15, 0.2) is 0 Å². The summed E-state index contributed by atoms with van der Waals surface area (Å²) in [5, 5.41) is 3.57. The van der Waals surface area contributed by atoms with E-state index in [0.717, 1.165) is 17.9 Å². The first-order chi connectivity index (χ1) is 33.4. The number of hydrogen-bond donors (Lipinski definition) is 1. The van der Waals surface area contributed by atoms with Crippen molar-refractivity contribution in [1.29, 1.82) is 0 Å². The minimum Gasteiger partial charge on any atom is -0.317 e. The number of nitrogens with one attached hydrogen (secondary N) is 1. The maximum Gasteiger partial charge on any atom is 0.106 e. The summed E-state index contributed by atoms with van der Waals surface area (Å²) in [5.74, 6) is 1.91. The average Bonchev–Trinajstić information content (AvgIpc) is 3.89. The van der Waals surface area contributed by atoms with Gasteiger partial charge in [-0.15, -0.1) is 6.58 Å². The van der Waals surface area contributed by atoms with E-state index in [2.05, 4.69) is 91.9 Å². The van der Waals surface area contributed by atoms with Gasteiger partial charge in [-0.3, -0.25) is 0 Å². The Labute approximate surface area is 433 Å². The van der Waals surface area contributed by atoms with Gasteiger partial charge in [-0.1, -0.05) is 292 Å². The molecule has 0 spiro atoms. The van der Waals surface area contributed by atoms with Crippen LogP contribution in [0.2, 0.25) is 0 Å². The predicted octanol–water partition coefficient (Wildman–Crippen LogP) is 22.4. The topological polar surface area (TPSA) is 32.3 Å². The smallest absolute Gasteiger partial charge is 0.106 e. The summed E-state index contributed by atoms with van der Waals surface area (Å²) in [6.07, 6.45) is 65.2. The van der Waals surface area contributed by atoms with Crippen LogP contribution in [0.5, 0.6) is 0 Å². The molecule has 0 saturated carbocycles. The maximum atomic E-state index is 8.00. The van der Waals surface area contributed by atoms with E-state index in [4.69, 9.17) is 4.79 Å². The zero-order valence-corrected chi connectivity index (χ0v) is 49.2. The van der Waals surface area contributed by atoms with E-state index < -0.39 is 0 Å². The number of allylic oxidation sites excluding steroid dienone is 2. The van der Waals surface area contributed by atoms with Crippen molar-refractivity contribution in [2.45, 2.75) is 350 Å². The van der Waals surface area contributed by atoms with E-state index in [9.17, 15) is 0 Å². The van der Waals surface area contributed by atoms with Crippen molar-refractivity contribution >= 4 is 6.79 Å². The molecule has 3 unspecified atom stereocenters. The molecule has 0 aromatic heterocycles. The molecule has 0 aromatic rings. The minimum atomic E-state index is 0.752. The molecule has 1 saturated heterocycles. The van der Waals surface area contributed by atoms with Crippen LogP contribution in [0.25, 0.3) is 0 Å². The summed E-state index contributed by atoms with van der Waals surface area (Å²) in [4.78, 5) is 10.6. The number of rotatable bonds is 47. The van der Waals surface area contributed by atoms with Gasteiger partial charge in [-0.2, -0.15) is 0 Å². The number of hydrogen-bond acceptors (Lipinski definition) is 3. The molecule has 1 heterocycles. The Kier molecular flexibility index (Phi) is 73.8. The molecular formula is C65H134N2O. The van der Waals surface area contributed by atoms with Crippen molar-refractivity contribution in [3.05, 3.63) is 24.8 Å². The summed E-state index contributed by atoms with van der Waals surface area (Å²) >= 11 is 0. The lowest BCUT2D eigenvalue weighted by Crippen LogP contribution is -2.24. The number of carbonyl (C=O) groups excluding carboxylic acids is 1. The highest BCUT2D eigenvalue weighted by Gasteiger charge is 2.11. The van der Waals surface area contributed by atoms with Gasteiger partial charge in [0.25, 0.3) is 0 Å². The highest BCUT2D eigenvalue weighted by Crippen LogP contribution is 2.26. The molecule has 0 amide bonds. The summed E-state index contributed by atoms with van der Waals surface area (Å²) in [6, 6.07) is 0.752. The fraction of sp³-hybridized carbons (Fsp3) is 0.923. The van der Waals surface area contributed by atoms with Crippen molar-refractivity contribution < 1.29 is 4.79 Å². The molecule has 1 aliphatic heterocycles. The van der Waals surface area contributed by atoms with Crippen LogP contribution in [0.1, 0.15) is 344 Å². The van der Waals surface area contributed by atoms with E-state index in [1.807, 2.05) is 6.79 Å². The van der Waals surface area contributed by atoms with E-state index in [1.54, 1.807) is 0 Å². The SMILES string of the molecule is C=C(CCCCCCCCC(CCCCCCCCC)NC)CCC(CCCC)CCCCCC.C=CCCC(CC)CCCCCC.C=O.CCC.CCCCCCCCCCN1CCCC1. The maximum absolute atomic E-state index is 8.00. The van der Waals surface area contributed by atoms with Crippen molar-refractivity contribution in [1.82, 2.24) is 10.2 Å². The zero-order valence-electron chi connectivity index (χ0n) is 49.2. The molecule has 0 aliphatic carbocycles. The van der Waals surface area contributed by atoms with E-state index in [-0.39, 0.29) is 0 Å². The van der Waals surface area contributed by atoms with Gasteiger partial charge in [0.2, 0.25) is 0 Å². The summed E-state index contributed by atoms with van der Waals surface area (Å²) in [7, 11) is 2.16. The van der Waals surface area contributed by atoms with Crippen LogP contribution in [-0.4, -0.2) is 44.4 Å². The summed E-state index contributed by atoms with van der Waals surface area (Å²) in [6.45, 7) is 32.4. The van der Waals surface area contributed by atoms with Crippen molar-refractivity contribution in [2.75, 3.05) is 26.7 Å². The average molecular weight is 960 g/mol. The Hall–Kier alpha value is -0.930. The molecule has 1 N–H and O–H groups in total. The van der Waals surface area contributed by atoms with Crippen LogP contribution in [0.3, 0.4) is 0 Å². The lowest BCUT2D eigenvalue weighted by atomic mass is 9.89. The quantitative estimate of drug-likeness (QED) is 0.0487. The predicted molar refractivity (Wildman–Crippen MR) is 316 cm³/mol. The fourth-order valence-electron chi connectivity index (χ4n) is 9.81. The number of likely N-dealkylation sites (tertiary alicyclic amines) is 1. The van der Waals surface area contributed by atoms with Crippen LogP contribution in [-0.2, 0) is 4.79 Å². The van der Waals surface area contributed by atoms with Crippen LogP contribution in [0.15, 0.2) is 24.8 Å². The number of unbranched alkanes of at least 4 members (excludes halogenated alkanes) is 25. The molecule has 3 atom stereocenters. The first kappa shape index (κ1) is 73.6. The molecule has 0 bridgehead atoms. The van der Waals surface area contributed by atoms with Gasteiger partial charge >= 0.3 is 0 Å². The van der Waals surface area contributed by atoms with Crippen molar-refractivity contribution in [2.24, 2.45) is 11.8 Å². The van der Waals surface area contributed by atoms with E-state index in [0.29, 0.717) is 0 Å². The summed E-state index contributed by atoms with van der Waals surface area (Å²) < 4.78 is 0. The second kappa shape index (κ2) is 68.1. The molecule has 3 nitrogen and oxygen atoms in total. The van der Waals surface area contributed by atoms with E-state index >= 15 is 0 Å². The highest BCUT2D eigenvalue weighted by molar-refractivity contribution is 5.11. The molecule has 1 fully saturated rings. The summed E-state index contributed by atoms with van der Waals surface area (Å²) in [5.41, 5.74) is 1.53. The Balaban J connectivity index is -0.000000505. The Morgan fingerprint density at radius 3 is 1.25 bits per heavy atom. The highest BCUT2D eigenvalue weighted by atomic mass is 16.1. The normalized spacial score (nSPS) is 13.4. The Morgan fingerprint density at radius 1 is 0.456 bits per heavy atom. The minimum absolute atomic E-state index is 0.752. The Bertz CT molecular complexity index is 882. The Morgan fingerprint density at radius 2 is 0.824 bits per heavy atom. The first-order valence-corrected chi connectivity index (χ1v) is 31.3. The van der Waals surface area contributed by atoms with Gasteiger partial charge in [0, 0.05) is 6.04 Å². The molecule has 0 radical (unpaired) electrons. The molecule has 1 rings (SSSR count). The zero-order chi connectivity index (χ0) is 51.2. The molecular weight excluding hydrogens is 825 g/mol. The van der Waals surface area contributed by atoms with Gasteiger partial charge in [0.1, 0.15) is 6.79 Å². The third-order valence-electron chi connectivity index (χ3n) is 14.6. The lowest BCUT2D eigenvalue weighted by molar-refractivity contribution is -0.0980. The van der Waals surface area contributed by atoms with Gasteiger partial charge in [0.05, 0.1) is 0 Å². The monoisotopic (exact) mass is 959 g/mol. The fourth-order valence-corrected chi connectivity index (χ4v) is 9.81. The standard InChI is InChI=1S/C34H69N.C14H29N.C13H26.C3H8.CH2O/c1-6-9-12-14-15-19-23-28-34(35-5)29-24-20-17-16-18-21-25-32(4)30-31-33(26-11-8-3)27-22-13-10-7-2;1-2-3-4-5-6-7-8-9-12-15-13-10-11-14-15;1-4-7-9-10-12-13(6-3)11-8-5-2;1-3-2;1-2/h33-35H,4,6-31H2,1-3,5H3;2-14H2,1H3;5,13H,2,4,6-12H2,1,3H3;3H2,1-2H3;1H2. The number of carbonyl (C=O) groups is 1. The van der Waals surface area contributed by atoms with E-state index in [1.165, 1.54) is 314 Å². The number of nitrogens with zero attached hydrogens (tertiary/aromatic N) is 1. The first-order valence-electron chi connectivity index (χ1n) is 31.3. The second-order valence-corrected chi connectivity index (χ2v) is 21.4. The molecule has 410 valence electrons. The van der Waals surface area contributed by atoms with Gasteiger partial charge < -0.3 is 15.0 Å².